The number of anilines is 2. The van der Waals surface area contributed by atoms with Crippen molar-refractivity contribution >= 4 is 17.4 Å². The van der Waals surface area contributed by atoms with E-state index in [2.05, 4.69) is 57.7 Å². The monoisotopic (exact) mass is 398 g/mol. The molecule has 2 aromatic rings. The molecule has 0 bridgehead atoms. The lowest BCUT2D eigenvalue weighted by molar-refractivity contribution is -0.116. The Morgan fingerprint density at radius 3 is 2.52 bits per heavy atom. The molecule has 3 rings (SSSR count). The average Bonchev–Trinajstić information content (AvgIpc) is 2.94. The smallest absolute Gasteiger partial charge is 0.224 e. The highest BCUT2D eigenvalue weighted by atomic mass is 16.1. The summed E-state index contributed by atoms with van der Waals surface area (Å²) in [7, 11) is 2.14. The summed E-state index contributed by atoms with van der Waals surface area (Å²) in [5, 5.41) is 7.61. The molecule has 2 aromatic heterocycles. The third-order valence-corrected chi connectivity index (χ3v) is 5.53. The maximum Gasteiger partial charge on any atom is 0.224 e. The van der Waals surface area contributed by atoms with Crippen LogP contribution in [0.5, 0.6) is 0 Å². The predicted molar refractivity (Wildman–Crippen MR) is 117 cm³/mol. The number of hydrogen-bond acceptors (Lipinski definition) is 5. The Kier molecular flexibility index (Phi) is 6.90. The van der Waals surface area contributed by atoms with E-state index in [4.69, 9.17) is 0 Å². The third kappa shape index (κ3) is 5.56. The number of nitrogens with one attached hydrogen (secondary N) is 1. The van der Waals surface area contributed by atoms with E-state index in [1.807, 2.05) is 19.1 Å². The first-order valence-corrected chi connectivity index (χ1v) is 10.6. The van der Waals surface area contributed by atoms with Crippen LogP contribution in [0.15, 0.2) is 18.3 Å². The Labute approximate surface area is 174 Å². The second kappa shape index (κ2) is 9.39. The van der Waals surface area contributed by atoms with Crippen molar-refractivity contribution in [1.29, 1.82) is 0 Å². The molecule has 0 aliphatic carbocycles. The minimum Gasteiger partial charge on any atom is -0.354 e. The van der Waals surface area contributed by atoms with Crippen molar-refractivity contribution in [3.8, 4) is 0 Å². The Bertz CT molecular complexity index is 819. The second-order valence-electron chi connectivity index (χ2n) is 8.47. The van der Waals surface area contributed by atoms with Gasteiger partial charge in [-0.1, -0.05) is 13.8 Å². The average molecular weight is 399 g/mol. The van der Waals surface area contributed by atoms with Gasteiger partial charge in [0.25, 0.3) is 0 Å². The molecule has 1 amide bonds. The third-order valence-electron chi connectivity index (χ3n) is 5.53. The summed E-state index contributed by atoms with van der Waals surface area (Å²) in [4.78, 5) is 21.6. The zero-order chi connectivity index (χ0) is 21.0. The molecule has 1 N–H and O–H groups in total. The van der Waals surface area contributed by atoms with Crippen molar-refractivity contribution in [2.24, 2.45) is 5.92 Å². The van der Waals surface area contributed by atoms with Crippen molar-refractivity contribution < 1.29 is 4.79 Å². The highest BCUT2D eigenvalue weighted by Crippen LogP contribution is 2.18. The number of rotatable bonds is 7. The fourth-order valence-corrected chi connectivity index (χ4v) is 3.76. The number of amides is 1. The van der Waals surface area contributed by atoms with E-state index in [1.165, 1.54) is 11.3 Å². The molecular weight excluding hydrogens is 364 g/mol. The van der Waals surface area contributed by atoms with Gasteiger partial charge < -0.3 is 15.1 Å². The van der Waals surface area contributed by atoms with Gasteiger partial charge in [-0.05, 0) is 50.9 Å². The number of aryl methyl sites for hydroxylation is 1. The van der Waals surface area contributed by atoms with E-state index in [-0.39, 0.29) is 5.91 Å². The zero-order valence-electron chi connectivity index (χ0n) is 18.4. The Morgan fingerprint density at radius 1 is 1.17 bits per heavy atom. The lowest BCUT2D eigenvalue weighted by atomic mass is 10.1. The number of hydrogen-bond donors (Lipinski definition) is 1. The van der Waals surface area contributed by atoms with E-state index in [1.54, 1.807) is 6.20 Å². The van der Waals surface area contributed by atoms with E-state index >= 15 is 0 Å². The molecule has 0 saturated carbocycles. The van der Waals surface area contributed by atoms with Crippen LogP contribution in [-0.2, 0) is 17.8 Å². The molecule has 29 heavy (non-hydrogen) atoms. The number of carbonyl (C=O) groups excluding carboxylic acids is 1. The van der Waals surface area contributed by atoms with E-state index < -0.39 is 0 Å². The highest BCUT2D eigenvalue weighted by molar-refractivity contribution is 5.90. The summed E-state index contributed by atoms with van der Waals surface area (Å²) >= 11 is 0. The molecular formula is C22H34N6O. The highest BCUT2D eigenvalue weighted by Gasteiger charge is 2.16. The van der Waals surface area contributed by atoms with Crippen LogP contribution in [0.25, 0.3) is 0 Å². The van der Waals surface area contributed by atoms with Crippen LogP contribution in [0.4, 0.5) is 11.5 Å². The first kappa shape index (κ1) is 21.3. The first-order valence-electron chi connectivity index (χ1n) is 10.6. The largest absolute Gasteiger partial charge is 0.354 e. The standard InChI is InChI=1S/C22H34N6O/c1-16(2)15-28-18(4)20(17(3)25-28)7-9-22(29)24-19-6-8-21(23-14-19)27-12-10-26(5)11-13-27/h6,8,14,16H,7,9-13,15H2,1-5H3,(H,24,29). The zero-order valence-corrected chi connectivity index (χ0v) is 18.4. The molecule has 7 heteroatoms. The predicted octanol–water partition coefficient (Wildman–Crippen LogP) is 2.87. The lowest BCUT2D eigenvalue weighted by Gasteiger charge is -2.33. The molecule has 7 nitrogen and oxygen atoms in total. The van der Waals surface area contributed by atoms with Gasteiger partial charge in [0, 0.05) is 44.8 Å². The molecule has 3 heterocycles. The molecule has 0 atom stereocenters. The molecule has 0 radical (unpaired) electrons. The van der Waals surface area contributed by atoms with Gasteiger partial charge >= 0.3 is 0 Å². The number of aromatic nitrogens is 3. The first-order chi connectivity index (χ1) is 13.8. The fourth-order valence-electron chi connectivity index (χ4n) is 3.76. The molecule has 1 aliphatic rings. The minimum atomic E-state index is 0.00885. The van der Waals surface area contributed by atoms with Crippen molar-refractivity contribution in [3.05, 3.63) is 35.3 Å². The number of carbonyl (C=O) groups is 1. The number of nitrogens with zero attached hydrogens (tertiary/aromatic N) is 5. The summed E-state index contributed by atoms with van der Waals surface area (Å²) < 4.78 is 2.06. The normalized spacial score (nSPS) is 15.2. The summed E-state index contributed by atoms with van der Waals surface area (Å²) in [5.74, 6) is 1.53. The van der Waals surface area contributed by atoms with Crippen LogP contribution in [0.3, 0.4) is 0 Å². The van der Waals surface area contributed by atoms with E-state index in [0.717, 1.165) is 49.9 Å². The Balaban J connectivity index is 1.53. The number of piperazine rings is 1. The molecule has 1 saturated heterocycles. The molecule has 1 aliphatic heterocycles. The molecule has 0 aromatic carbocycles. The Hall–Kier alpha value is -2.41. The van der Waals surface area contributed by atoms with Crippen LogP contribution < -0.4 is 10.2 Å². The van der Waals surface area contributed by atoms with Gasteiger partial charge in [-0.2, -0.15) is 5.10 Å². The van der Waals surface area contributed by atoms with Crippen molar-refractivity contribution in [2.45, 2.75) is 47.1 Å². The molecule has 1 fully saturated rings. The van der Waals surface area contributed by atoms with Crippen LogP contribution in [-0.4, -0.2) is 58.8 Å². The van der Waals surface area contributed by atoms with Gasteiger partial charge in [-0.3, -0.25) is 9.48 Å². The van der Waals surface area contributed by atoms with Crippen molar-refractivity contribution in [1.82, 2.24) is 19.7 Å². The fraction of sp³-hybridized carbons (Fsp3) is 0.591. The summed E-state index contributed by atoms with van der Waals surface area (Å²) in [6.45, 7) is 13.5. The minimum absolute atomic E-state index is 0.00885. The molecule has 0 spiro atoms. The second-order valence-corrected chi connectivity index (χ2v) is 8.47. The Morgan fingerprint density at radius 2 is 1.90 bits per heavy atom. The summed E-state index contributed by atoms with van der Waals surface area (Å²) in [5.41, 5.74) is 4.12. The van der Waals surface area contributed by atoms with Crippen LogP contribution in [0, 0.1) is 19.8 Å². The van der Waals surface area contributed by atoms with Gasteiger partial charge in [-0.15, -0.1) is 0 Å². The van der Waals surface area contributed by atoms with Gasteiger partial charge in [0.2, 0.25) is 5.91 Å². The van der Waals surface area contributed by atoms with Crippen LogP contribution in [0.2, 0.25) is 0 Å². The number of pyridine rings is 1. The summed E-state index contributed by atoms with van der Waals surface area (Å²) in [6.07, 6.45) is 2.90. The maximum absolute atomic E-state index is 12.4. The van der Waals surface area contributed by atoms with Gasteiger partial charge in [0.05, 0.1) is 17.6 Å². The van der Waals surface area contributed by atoms with Crippen molar-refractivity contribution in [2.75, 3.05) is 43.4 Å². The molecule has 0 unspecified atom stereocenters. The molecule has 158 valence electrons. The van der Waals surface area contributed by atoms with E-state index in [9.17, 15) is 4.79 Å². The van der Waals surface area contributed by atoms with Crippen molar-refractivity contribution in [3.63, 3.8) is 0 Å². The van der Waals surface area contributed by atoms with Gasteiger partial charge in [0.15, 0.2) is 0 Å². The van der Waals surface area contributed by atoms with Crippen LogP contribution >= 0.6 is 0 Å². The maximum atomic E-state index is 12.4. The van der Waals surface area contributed by atoms with Crippen LogP contribution in [0.1, 0.15) is 37.2 Å². The van der Waals surface area contributed by atoms with Gasteiger partial charge in [0.1, 0.15) is 5.82 Å². The SMILES string of the molecule is Cc1nn(CC(C)C)c(C)c1CCC(=O)Nc1ccc(N2CCN(C)CC2)nc1. The quantitative estimate of drug-likeness (QED) is 0.777. The lowest BCUT2D eigenvalue weighted by Crippen LogP contribution is -2.44. The summed E-state index contributed by atoms with van der Waals surface area (Å²) in [6, 6.07) is 3.93. The number of likely N-dealkylation sites (N-methyl/N-ethyl adjacent to an activating group) is 1. The van der Waals surface area contributed by atoms with Gasteiger partial charge in [-0.25, -0.2) is 4.98 Å². The van der Waals surface area contributed by atoms with E-state index in [0.29, 0.717) is 18.8 Å². The topological polar surface area (TPSA) is 66.3 Å².